The van der Waals surface area contributed by atoms with Gasteiger partial charge in [-0.1, -0.05) is 25.5 Å². The van der Waals surface area contributed by atoms with Gasteiger partial charge in [-0.05, 0) is 67.3 Å². The van der Waals surface area contributed by atoms with Crippen molar-refractivity contribution in [2.75, 3.05) is 38.3 Å². The third-order valence-corrected chi connectivity index (χ3v) is 7.09. The third kappa shape index (κ3) is 4.84. The molecule has 0 aliphatic carbocycles. The van der Waals surface area contributed by atoms with E-state index < -0.39 is 18.8 Å². The van der Waals surface area contributed by atoms with E-state index in [4.69, 9.17) is 9.47 Å². The summed E-state index contributed by atoms with van der Waals surface area (Å²) < 4.78 is 51.7. The average Bonchev–Trinajstić information content (AvgIpc) is 3.21. The van der Waals surface area contributed by atoms with Crippen molar-refractivity contribution in [2.45, 2.75) is 57.4 Å². The Bertz CT molecular complexity index is 1010. The maximum atomic E-state index is 13.6. The fraction of sp³-hybridized carbons (Fsp3) is 0.538. The van der Waals surface area contributed by atoms with Crippen molar-refractivity contribution in [2.24, 2.45) is 0 Å². The number of nitrogens with zero attached hydrogens (tertiary/aromatic N) is 2. The second kappa shape index (κ2) is 9.30. The van der Waals surface area contributed by atoms with Gasteiger partial charge in [-0.3, -0.25) is 9.80 Å². The van der Waals surface area contributed by atoms with Crippen LogP contribution in [0.15, 0.2) is 36.4 Å². The lowest BCUT2D eigenvalue weighted by Gasteiger charge is -2.42. The molecule has 1 saturated heterocycles. The summed E-state index contributed by atoms with van der Waals surface area (Å²) in [4.78, 5) is 4.00. The van der Waals surface area contributed by atoms with Gasteiger partial charge in [-0.25, -0.2) is 0 Å². The zero-order chi connectivity index (χ0) is 23.9. The van der Waals surface area contributed by atoms with Gasteiger partial charge in [0.15, 0.2) is 11.5 Å². The largest absolute Gasteiger partial charge is 0.454 e. The second-order valence-electron chi connectivity index (χ2n) is 9.72. The monoisotopic (exact) mass is 475 g/mol. The minimum atomic E-state index is -4.28. The summed E-state index contributed by atoms with van der Waals surface area (Å²) in [5.74, 6) is 1.27. The van der Waals surface area contributed by atoms with Crippen LogP contribution in [0.5, 0.6) is 11.5 Å². The highest BCUT2D eigenvalue weighted by Gasteiger charge is 2.41. The van der Waals surface area contributed by atoms with Crippen molar-refractivity contribution in [3.63, 3.8) is 0 Å². The summed E-state index contributed by atoms with van der Waals surface area (Å²) >= 11 is 0. The maximum absolute atomic E-state index is 13.6. The highest BCUT2D eigenvalue weighted by Crippen LogP contribution is 2.45. The molecule has 2 aromatic carbocycles. The molecule has 0 bridgehead atoms. The van der Waals surface area contributed by atoms with Crippen molar-refractivity contribution in [1.29, 1.82) is 0 Å². The molecule has 3 aliphatic rings. The van der Waals surface area contributed by atoms with Crippen LogP contribution in [0.3, 0.4) is 0 Å². The Kier molecular flexibility index (Phi) is 6.37. The molecule has 0 saturated carbocycles. The summed E-state index contributed by atoms with van der Waals surface area (Å²) in [6.45, 7) is 6.45. The van der Waals surface area contributed by atoms with E-state index in [9.17, 15) is 13.2 Å². The first kappa shape index (κ1) is 23.3. The van der Waals surface area contributed by atoms with Crippen LogP contribution < -0.4 is 14.8 Å². The molecule has 2 atom stereocenters. The molecule has 34 heavy (non-hydrogen) atoms. The Hall–Kier alpha value is -2.45. The molecule has 0 unspecified atom stereocenters. The number of hydrogen-bond donors (Lipinski definition) is 1. The summed E-state index contributed by atoms with van der Waals surface area (Å²) in [5.41, 5.74) is 3.72. The van der Waals surface area contributed by atoms with Gasteiger partial charge in [0.2, 0.25) is 6.79 Å². The van der Waals surface area contributed by atoms with Crippen LogP contribution >= 0.6 is 0 Å². The molecule has 5 rings (SSSR count). The topological polar surface area (TPSA) is 37.0 Å². The number of ether oxygens (including phenoxy) is 2. The Morgan fingerprint density at radius 2 is 1.76 bits per heavy atom. The predicted molar refractivity (Wildman–Crippen MR) is 126 cm³/mol. The van der Waals surface area contributed by atoms with E-state index in [1.807, 2.05) is 43.3 Å². The summed E-state index contributed by atoms with van der Waals surface area (Å²) in [5, 5.41) is 3.55. The minimum absolute atomic E-state index is 0.141. The molecule has 184 valence electrons. The number of benzene rings is 2. The van der Waals surface area contributed by atoms with Gasteiger partial charge in [-0.15, -0.1) is 0 Å². The van der Waals surface area contributed by atoms with Gasteiger partial charge >= 0.3 is 6.18 Å². The quantitative estimate of drug-likeness (QED) is 0.595. The highest BCUT2D eigenvalue weighted by atomic mass is 19.4. The molecular weight excluding hydrogens is 443 g/mol. The van der Waals surface area contributed by atoms with Gasteiger partial charge in [0.1, 0.15) is 0 Å². The normalized spacial score (nSPS) is 23.0. The van der Waals surface area contributed by atoms with Crippen LogP contribution in [0, 0.1) is 0 Å². The fourth-order valence-corrected chi connectivity index (χ4v) is 5.35. The van der Waals surface area contributed by atoms with Crippen molar-refractivity contribution >= 4 is 5.69 Å². The smallest absolute Gasteiger partial charge is 0.401 e. The molecule has 0 spiro atoms. The highest BCUT2D eigenvalue weighted by molar-refractivity contribution is 5.54. The fourth-order valence-electron chi connectivity index (χ4n) is 5.35. The Labute approximate surface area is 198 Å². The number of alkyl halides is 3. The standard InChI is InChI=1S/C26H32F3N3O2/c1-3-4-9-31-13-21(14-31)30-20-7-5-18(6-8-20)25-22-12-24-23(33-16-34-24)11-19(22)10-17(2)32(25)15-26(27,28)29/h5-8,11-12,17,21,25,30H,3-4,9-10,13-16H2,1-2H3/t17-,25-/m1/s1. The predicted octanol–water partition coefficient (Wildman–Crippen LogP) is 5.21. The SMILES string of the molecule is CCCCN1CC(Nc2ccc([C@@H]3c4cc5c(cc4C[C@@H](C)N3CC(F)(F)F)OCO5)cc2)C1. The van der Waals surface area contributed by atoms with E-state index >= 15 is 0 Å². The number of anilines is 1. The van der Waals surface area contributed by atoms with Gasteiger partial charge in [0.05, 0.1) is 18.6 Å². The molecule has 8 heteroatoms. The van der Waals surface area contributed by atoms with Crippen LogP contribution in [0.2, 0.25) is 0 Å². The molecule has 5 nitrogen and oxygen atoms in total. The van der Waals surface area contributed by atoms with Gasteiger partial charge in [0.25, 0.3) is 0 Å². The third-order valence-electron chi connectivity index (χ3n) is 7.09. The zero-order valence-corrected chi connectivity index (χ0v) is 19.7. The Morgan fingerprint density at radius 1 is 1.06 bits per heavy atom. The van der Waals surface area contributed by atoms with E-state index in [1.165, 1.54) is 12.8 Å². The first-order valence-corrected chi connectivity index (χ1v) is 12.1. The first-order valence-electron chi connectivity index (χ1n) is 12.1. The van der Waals surface area contributed by atoms with Crippen molar-refractivity contribution < 1.29 is 22.6 Å². The molecule has 3 heterocycles. The van der Waals surface area contributed by atoms with Gasteiger partial charge in [0, 0.05) is 24.8 Å². The number of nitrogens with one attached hydrogen (secondary N) is 1. The minimum Gasteiger partial charge on any atom is -0.454 e. The molecule has 2 aromatic rings. The van der Waals surface area contributed by atoms with E-state index in [0.717, 1.165) is 42.0 Å². The molecule has 1 N–H and O–H groups in total. The Morgan fingerprint density at radius 3 is 2.44 bits per heavy atom. The summed E-state index contributed by atoms with van der Waals surface area (Å²) in [6, 6.07) is 11.3. The van der Waals surface area contributed by atoms with Gasteiger partial charge < -0.3 is 14.8 Å². The second-order valence-corrected chi connectivity index (χ2v) is 9.72. The lowest BCUT2D eigenvalue weighted by atomic mass is 9.84. The van der Waals surface area contributed by atoms with Crippen molar-refractivity contribution in [3.8, 4) is 11.5 Å². The summed E-state index contributed by atoms with van der Waals surface area (Å²) in [7, 11) is 0. The molecule has 0 radical (unpaired) electrons. The van der Waals surface area contributed by atoms with E-state index in [1.54, 1.807) is 4.90 Å². The number of fused-ring (bicyclic) bond motifs is 2. The van der Waals surface area contributed by atoms with Crippen LogP contribution in [-0.4, -0.2) is 61.0 Å². The molecule has 3 aliphatic heterocycles. The number of hydrogen-bond acceptors (Lipinski definition) is 5. The van der Waals surface area contributed by atoms with Crippen molar-refractivity contribution in [1.82, 2.24) is 9.80 Å². The van der Waals surface area contributed by atoms with Gasteiger partial charge in [-0.2, -0.15) is 13.2 Å². The van der Waals surface area contributed by atoms with Crippen LogP contribution in [-0.2, 0) is 6.42 Å². The van der Waals surface area contributed by atoms with E-state index in [-0.39, 0.29) is 12.8 Å². The van der Waals surface area contributed by atoms with Crippen molar-refractivity contribution in [3.05, 3.63) is 53.1 Å². The number of likely N-dealkylation sites (tertiary alicyclic amines) is 1. The number of unbranched alkanes of at least 4 members (excludes halogenated alkanes) is 1. The first-order chi connectivity index (χ1) is 16.3. The van der Waals surface area contributed by atoms with Crippen LogP contribution in [0.25, 0.3) is 0 Å². The molecule has 1 fully saturated rings. The van der Waals surface area contributed by atoms with E-state index in [0.29, 0.717) is 24.0 Å². The maximum Gasteiger partial charge on any atom is 0.401 e. The Balaban J connectivity index is 1.38. The molecule has 0 amide bonds. The van der Waals surface area contributed by atoms with E-state index in [2.05, 4.69) is 17.1 Å². The number of halogens is 3. The van der Waals surface area contributed by atoms with Crippen LogP contribution in [0.4, 0.5) is 18.9 Å². The number of rotatable bonds is 7. The zero-order valence-electron chi connectivity index (χ0n) is 19.7. The average molecular weight is 476 g/mol. The lowest BCUT2D eigenvalue weighted by molar-refractivity contribution is -0.155. The molecular formula is C26H32F3N3O2. The van der Waals surface area contributed by atoms with Crippen LogP contribution in [0.1, 0.15) is 49.4 Å². The lowest BCUT2D eigenvalue weighted by Crippen LogP contribution is -2.54. The summed E-state index contributed by atoms with van der Waals surface area (Å²) in [6.07, 6.45) is -1.33. The molecule has 0 aromatic heterocycles.